The number of nitrogens with zero attached hydrogens (tertiary/aromatic N) is 3. The number of hydrogen-bond donors (Lipinski definition) is 2. The van der Waals surface area contributed by atoms with E-state index in [1.54, 1.807) is 16.8 Å². The molecule has 4 rings (SSSR count). The third-order valence-corrected chi connectivity index (χ3v) is 7.44. The first-order chi connectivity index (χ1) is 16.2. The average Bonchev–Trinajstić information content (AvgIpc) is 3.22. The maximum Gasteiger partial charge on any atom is 0.290 e. The summed E-state index contributed by atoms with van der Waals surface area (Å²) in [5, 5.41) is 4.45. The van der Waals surface area contributed by atoms with E-state index in [1.807, 2.05) is 0 Å². The molecule has 2 N–H and O–H groups in total. The third-order valence-electron chi connectivity index (χ3n) is 5.63. The van der Waals surface area contributed by atoms with Gasteiger partial charge in [0, 0.05) is 30.9 Å². The number of aromatic nitrogens is 2. The molecule has 0 unspecified atom stereocenters. The van der Waals surface area contributed by atoms with Gasteiger partial charge in [0.1, 0.15) is 5.82 Å². The van der Waals surface area contributed by atoms with Crippen molar-refractivity contribution in [2.45, 2.75) is 30.6 Å². The Balaban J connectivity index is 1.54. The Morgan fingerprint density at radius 2 is 1.68 bits per heavy atom. The largest absolute Gasteiger partial charge is 0.290 e. The van der Waals surface area contributed by atoms with E-state index in [0.717, 1.165) is 34.8 Å². The van der Waals surface area contributed by atoms with Crippen LogP contribution >= 0.6 is 0 Å². The summed E-state index contributed by atoms with van der Waals surface area (Å²) >= 11 is 0. The number of nitrogens with one attached hydrogen (secondary N) is 2. The molecule has 1 aromatic heterocycles. The highest BCUT2D eigenvalue weighted by Crippen LogP contribution is 2.27. The fourth-order valence-electron chi connectivity index (χ4n) is 3.83. The lowest BCUT2D eigenvalue weighted by Gasteiger charge is -2.14. The average molecular weight is 486 g/mol. The van der Waals surface area contributed by atoms with Crippen molar-refractivity contribution in [3.8, 4) is 5.69 Å². The number of hydrazine groups is 1. The van der Waals surface area contributed by atoms with Crippen LogP contribution in [-0.4, -0.2) is 48.4 Å². The van der Waals surface area contributed by atoms with Crippen molar-refractivity contribution < 1.29 is 22.4 Å². The molecule has 0 bridgehead atoms. The molecule has 0 atom stereocenters. The van der Waals surface area contributed by atoms with Crippen LogP contribution in [0.1, 0.15) is 44.9 Å². The maximum absolute atomic E-state index is 13.4. The Hall–Kier alpha value is -3.57. The number of carbonyl (C=O) groups is 2. The monoisotopic (exact) mass is 485 g/mol. The Labute approximate surface area is 196 Å². The van der Waals surface area contributed by atoms with E-state index in [1.165, 1.54) is 50.5 Å². The number of hydrogen-bond acceptors (Lipinski definition) is 5. The van der Waals surface area contributed by atoms with Gasteiger partial charge in [0.25, 0.3) is 11.8 Å². The van der Waals surface area contributed by atoms with Crippen molar-refractivity contribution in [2.24, 2.45) is 0 Å². The minimum Gasteiger partial charge on any atom is -0.267 e. The van der Waals surface area contributed by atoms with Gasteiger partial charge in [-0.1, -0.05) is 6.07 Å². The highest BCUT2D eigenvalue weighted by Gasteiger charge is 2.26. The second kappa shape index (κ2) is 9.35. The molecule has 0 spiro atoms. The van der Waals surface area contributed by atoms with Crippen molar-refractivity contribution in [3.05, 3.63) is 76.9 Å². The smallest absolute Gasteiger partial charge is 0.267 e. The Bertz CT molecular complexity index is 1350. The first-order valence-electron chi connectivity index (χ1n) is 10.7. The summed E-state index contributed by atoms with van der Waals surface area (Å²) in [5.41, 5.74) is 7.26. The molecule has 1 aliphatic carbocycles. The van der Waals surface area contributed by atoms with Crippen LogP contribution < -0.4 is 10.9 Å². The molecule has 11 heteroatoms. The second-order valence-corrected chi connectivity index (χ2v) is 10.2. The maximum atomic E-state index is 13.4. The van der Waals surface area contributed by atoms with Crippen LogP contribution in [0, 0.1) is 5.82 Å². The fraction of sp³-hybridized carbons (Fsp3) is 0.261. The normalized spacial score (nSPS) is 13.4. The van der Waals surface area contributed by atoms with Crippen LogP contribution in [0.2, 0.25) is 0 Å². The van der Waals surface area contributed by atoms with Crippen LogP contribution in [0.3, 0.4) is 0 Å². The zero-order chi connectivity index (χ0) is 24.5. The molecule has 1 heterocycles. The lowest BCUT2D eigenvalue weighted by molar-refractivity contribution is 0.0843. The predicted molar refractivity (Wildman–Crippen MR) is 122 cm³/mol. The Morgan fingerprint density at radius 3 is 2.38 bits per heavy atom. The topological polar surface area (TPSA) is 113 Å². The van der Waals surface area contributed by atoms with E-state index in [4.69, 9.17) is 0 Å². The summed E-state index contributed by atoms with van der Waals surface area (Å²) in [4.78, 5) is 25.4. The molecule has 2 aromatic carbocycles. The van der Waals surface area contributed by atoms with Gasteiger partial charge in [0.15, 0.2) is 5.69 Å². The van der Waals surface area contributed by atoms with Crippen molar-refractivity contribution in [1.29, 1.82) is 0 Å². The number of amides is 2. The first kappa shape index (κ1) is 23.6. The number of sulfonamides is 1. The van der Waals surface area contributed by atoms with Gasteiger partial charge in [0.2, 0.25) is 10.0 Å². The zero-order valence-corrected chi connectivity index (χ0v) is 19.5. The highest BCUT2D eigenvalue weighted by atomic mass is 32.2. The molecule has 0 saturated carbocycles. The minimum atomic E-state index is -3.71. The van der Waals surface area contributed by atoms with E-state index in [-0.39, 0.29) is 22.0 Å². The van der Waals surface area contributed by atoms with Gasteiger partial charge in [0.05, 0.1) is 10.6 Å². The molecule has 0 saturated heterocycles. The van der Waals surface area contributed by atoms with Crippen molar-refractivity contribution >= 4 is 21.8 Å². The molecule has 9 nitrogen and oxygen atoms in total. The van der Waals surface area contributed by atoms with Gasteiger partial charge in [-0.25, -0.2) is 21.8 Å². The number of benzene rings is 2. The fourth-order valence-corrected chi connectivity index (χ4v) is 4.78. The molecule has 34 heavy (non-hydrogen) atoms. The SMILES string of the molecule is CN(C)S(=O)(=O)c1cccc(C(=O)NNC(=O)c2nn(-c3ccc(F)cc3)c3c2CCCC3)c1. The lowest BCUT2D eigenvalue weighted by atomic mass is 9.95. The molecular formula is C23H24FN5O4S. The molecular weight excluding hydrogens is 461 g/mol. The second-order valence-electron chi connectivity index (χ2n) is 8.09. The summed E-state index contributed by atoms with van der Waals surface area (Å²) in [6.07, 6.45) is 3.25. The van der Waals surface area contributed by atoms with E-state index in [0.29, 0.717) is 12.1 Å². The van der Waals surface area contributed by atoms with Crippen LogP contribution in [0.25, 0.3) is 5.69 Å². The van der Waals surface area contributed by atoms with Gasteiger partial charge in [-0.2, -0.15) is 5.10 Å². The molecule has 1 aliphatic rings. The summed E-state index contributed by atoms with van der Waals surface area (Å²) in [5.74, 6) is -1.63. The summed E-state index contributed by atoms with van der Waals surface area (Å²) in [7, 11) is -0.920. The molecule has 0 radical (unpaired) electrons. The summed E-state index contributed by atoms with van der Waals surface area (Å²) < 4.78 is 40.7. The van der Waals surface area contributed by atoms with Gasteiger partial charge >= 0.3 is 0 Å². The van der Waals surface area contributed by atoms with E-state index in [9.17, 15) is 22.4 Å². The quantitative estimate of drug-likeness (QED) is 0.538. The molecule has 0 fully saturated rings. The van der Waals surface area contributed by atoms with Crippen LogP contribution in [0.4, 0.5) is 4.39 Å². The standard InChI is InChI=1S/C23H24FN5O4S/c1-28(2)34(32,33)18-7-5-6-15(14-18)22(30)25-26-23(31)21-19-8-3-4-9-20(19)29(27-21)17-12-10-16(24)11-13-17/h5-7,10-14H,3-4,8-9H2,1-2H3,(H,25,30)(H,26,31). The molecule has 3 aromatic rings. The van der Waals surface area contributed by atoms with Crippen LogP contribution in [-0.2, 0) is 22.9 Å². The van der Waals surface area contributed by atoms with E-state index in [2.05, 4.69) is 16.0 Å². The number of rotatable bonds is 5. The lowest BCUT2D eigenvalue weighted by Crippen LogP contribution is -2.42. The highest BCUT2D eigenvalue weighted by molar-refractivity contribution is 7.89. The van der Waals surface area contributed by atoms with Gasteiger partial charge < -0.3 is 0 Å². The molecule has 0 aliphatic heterocycles. The predicted octanol–water partition coefficient (Wildman–Crippen LogP) is 2.22. The van der Waals surface area contributed by atoms with Crippen molar-refractivity contribution in [2.75, 3.05) is 14.1 Å². The van der Waals surface area contributed by atoms with Crippen molar-refractivity contribution in [3.63, 3.8) is 0 Å². The van der Waals surface area contributed by atoms with E-state index >= 15 is 0 Å². The van der Waals surface area contributed by atoms with Crippen molar-refractivity contribution in [1.82, 2.24) is 24.9 Å². The van der Waals surface area contributed by atoms with Gasteiger partial charge in [-0.05, 0) is 68.1 Å². The van der Waals surface area contributed by atoms with Gasteiger partial charge in [-0.3, -0.25) is 20.4 Å². The third kappa shape index (κ3) is 4.57. The first-order valence-corrected chi connectivity index (χ1v) is 12.1. The number of halogens is 1. The Morgan fingerprint density at radius 1 is 1.00 bits per heavy atom. The van der Waals surface area contributed by atoms with E-state index < -0.39 is 21.8 Å². The summed E-state index contributed by atoms with van der Waals surface area (Å²) in [6, 6.07) is 11.4. The molecule has 178 valence electrons. The number of carbonyl (C=O) groups excluding carboxylic acids is 2. The zero-order valence-electron chi connectivity index (χ0n) is 18.7. The van der Waals surface area contributed by atoms with Gasteiger partial charge in [-0.15, -0.1) is 0 Å². The number of fused-ring (bicyclic) bond motifs is 1. The minimum absolute atomic E-state index is 0.0383. The van der Waals surface area contributed by atoms with Crippen LogP contribution in [0.15, 0.2) is 53.4 Å². The Kier molecular flexibility index (Phi) is 6.49. The summed E-state index contributed by atoms with van der Waals surface area (Å²) in [6.45, 7) is 0. The van der Waals surface area contributed by atoms with Crippen LogP contribution in [0.5, 0.6) is 0 Å². The molecule has 2 amide bonds.